The number of hydrogen-bond acceptors (Lipinski definition) is 5. The van der Waals surface area contributed by atoms with Crippen LogP contribution in [-0.4, -0.2) is 33.2 Å². The second kappa shape index (κ2) is 18.7. The van der Waals surface area contributed by atoms with Crippen LogP contribution in [0.15, 0.2) is 235 Å². The summed E-state index contributed by atoms with van der Waals surface area (Å²) in [5, 5.41) is 21.3. The van der Waals surface area contributed by atoms with Gasteiger partial charge in [-0.15, -0.1) is 0 Å². The van der Waals surface area contributed by atoms with Gasteiger partial charge in [0.1, 0.15) is 17.2 Å². The average Bonchev–Trinajstić information content (AvgIpc) is 1.40. The topological polar surface area (TPSA) is 95.3 Å². The largest absolute Gasteiger partial charge is 0.439 e. The Morgan fingerprint density at radius 2 is 0.830 bits per heavy atom. The van der Waals surface area contributed by atoms with Gasteiger partial charge in [0, 0.05) is 72.1 Å². The Kier molecular flexibility index (Phi) is 10.6. The molecule has 9 nitrogen and oxygen atoms in total. The van der Waals surface area contributed by atoms with Gasteiger partial charge in [0.2, 0.25) is 17.6 Å². The summed E-state index contributed by atoms with van der Waals surface area (Å²) < 4.78 is 16.3. The molecule has 0 unspecified atom stereocenters. The first kappa shape index (κ1) is 49.8. The molecule has 0 amide bonds. The standard InChI is InChI=1S/C79H52N8O/c1-45-31-35-63-56(39-45)57-40-46(2)32-36-64(57)85(63)78-81-76(82-79(83-78)86-65-37-33-47(3)41-58(65)59-42-48(4)34-38-66(59)86)73-69(49-19-7-5-8-20-49)74(84-61-28-16-13-25-53(61)71-52-24-12-11-23-51(52)43-67(71)84)60(44-80)75(70(73)50-21-9-6-10-22-50)87-62-29-17-14-26-54(62)72-55-27-15-18-30-68(55)88-77(72)87/h5-42H,43H2,1-4H3. The number of hydrogen-bond donors (Lipinski definition) is 0. The molecule has 0 atom stereocenters. The van der Waals surface area contributed by atoms with Gasteiger partial charge in [-0.2, -0.15) is 20.2 Å². The summed E-state index contributed by atoms with van der Waals surface area (Å²) in [5.41, 5.74) is 22.2. The van der Waals surface area contributed by atoms with Crippen molar-refractivity contribution in [2.75, 3.05) is 0 Å². The molecule has 0 N–H and O–H groups in total. The van der Waals surface area contributed by atoms with E-state index < -0.39 is 0 Å². The molecule has 0 radical (unpaired) electrons. The minimum Gasteiger partial charge on any atom is -0.439 e. The molecule has 0 fully saturated rings. The molecule has 1 aliphatic rings. The second-order valence-corrected chi connectivity index (χ2v) is 23.7. The molecule has 88 heavy (non-hydrogen) atoms. The molecule has 9 heteroatoms. The van der Waals surface area contributed by atoms with Gasteiger partial charge in [-0.25, -0.2) is 0 Å². The number of furan rings is 1. The van der Waals surface area contributed by atoms with Crippen LogP contribution in [0, 0.1) is 39.0 Å². The highest BCUT2D eigenvalue weighted by Crippen LogP contribution is 2.54. The van der Waals surface area contributed by atoms with Gasteiger partial charge in [-0.05, 0) is 117 Å². The minimum absolute atomic E-state index is 0.418. The van der Waals surface area contributed by atoms with Crippen LogP contribution in [0.3, 0.4) is 0 Å². The molecule has 0 aliphatic heterocycles. The smallest absolute Gasteiger partial charge is 0.240 e. The number of benzene rings is 11. The van der Waals surface area contributed by atoms with Crippen LogP contribution < -0.4 is 0 Å². The van der Waals surface area contributed by atoms with Crippen molar-refractivity contribution in [3.63, 3.8) is 0 Å². The number of aromatic nitrogens is 7. The number of aryl methyl sites for hydroxylation is 4. The van der Waals surface area contributed by atoms with Crippen LogP contribution in [0.25, 0.3) is 156 Å². The molecule has 0 spiro atoms. The maximum Gasteiger partial charge on any atom is 0.240 e. The Morgan fingerprint density at radius 3 is 1.38 bits per heavy atom. The van der Waals surface area contributed by atoms with Gasteiger partial charge < -0.3 is 8.98 Å². The third kappa shape index (κ3) is 7.05. The van der Waals surface area contributed by atoms with Crippen molar-refractivity contribution in [1.82, 2.24) is 33.2 Å². The van der Waals surface area contributed by atoms with E-state index in [0.717, 1.165) is 143 Å². The van der Waals surface area contributed by atoms with Crippen LogP contribution >= 0.6 is 0 Å². The Hall–Kier alpha value is -11.6. The van der Waals surface area contributed by atoms with Gasteiger partial charge in [-0.1, -0.05) is 186 Å². The SMILES string of the molecule is Cc1ccc2c(c1)c1cc(C)ccc1n2-c1nc(-c2c(-c3ccccc3)c(-n3c4c(c5ccccc53)-c3ccccc3C4)c(C#N)c(-n3c4ccccc4c4c5ccccc5oc43)c2-c2ccccc2)nc(-n2c3ccc(C)cc3c3cc(C)ccc32)n1. The molecule has 0 saturated carbocycles. The molecule has 6 heterocycles. The van der Waals surface area contributed by atoms with Gasteiger partial charge in [0.15, 0.2) is 5.82 Å². The van der Waals surface area contributed by atoms with Crippen LogP contribution in [0.2, 0.25) is 0 Å². The Balaban J connectivity index is 1.11. The number of nitrogens with zero attached hydrogens (tertiary/aromatic N) is 8. The number of para-hydroxylation sites is 3. The highest BCUT2D eigenvalue weighted by Gasteiger charge is 2.37. The molecule has 18 rings (SSSR count). The summed E-state index contributed by atoms with van der Waals surface area (Å²) in [6.45, 7) is 8.59. The lowest BCUT2D eigenvalue weighted by Gasteiger charge is -2.27. The Bertz CT molecular complexity index is 5640. The zero-order valence-corrected chi connectivity index (χ0v) is 48.6. The normalized spacial score (nSPS) is 12.3. The van der Waals surface area contributed by atoms with E-state index in [0.29, 0.717) is 46.8 Å². The van der Waals surface area contributed by atoms with E-state index in [1.165, 1.54) is 11.1 Å². The fourth-order valence-electron chi connectivity index (χ4n) is 14.6. The molecule has 0 saturated heterocycles. The summed E-state index contributed by atoms with van der Waals surface area (Å²) >= 11 is 0. The molecule has 1 aliphatic carbocycles. The first-order chi connectivity index (χ1) is 43.3. The predicted molar refractivity (Wildman–Crippen MR) is 358 cm³/mol. The minimum atomic E-state index is 0.418. The van der Waals surface area contributed by atoms with Crippen molar-refractivity contribution < 1.29 is 4.42 Å². The second-order valence-electron chi connectivity index (χ2n) is 23.7. The van der Waals surface area contributed by atoms with E-state index in [1.807, 2.05) is 18.2 Å². The highest BCUT2D eigenvalue weighted by molar-refractivity contribution is 6.21. The first-order valence-corrected chi connectivity index (χ1v) is 29.9. The number of rotatable bonds is 7. The van der Waals surface area contributed by atoms with Gasteiger partial charge >= 0.3 is 0 Å². The molecule has 17 aromatic rings. The van der Waals surface area contributed by atoms with E-state index in [9.17, 15) is 5.26 Å². The van der Waals surface area contributed by atoms with Crippen LogP contribution in [-0.2, 0) is 6.42 Å². The maximum atomic E-state index is 12.8. The maximum absolute atomic E-state index is 12.8. The highest BCUT2D eigenvalue weighted by atomic mass is 16.3. The van der Waals surface area contributed by atoms with E-state index in [2.05, 4.69) is 264 Å². The number of fused-ring (bicyclic) bond motifs is 16. The molecule has 0 bridgehead atoms. The van der Waals surface area contributed by atoms with Crippen molar-refractivity contribution in [3.8, 4) is 74.1 Å². The molecule has 11 aromatic carbocycles. The fraction of sp³-hybridized carbons (Fsp3) is 0.0633. The van der Waals surface area contributed by atoms with Gasteiger partial charge in [0.05, 0.1) is 49.9 Å². The van der Waals surface area contributed by atoms with E-state index >= 15 is 0 Å². The molecule has 6 aromatic heterocycles. The quantitative estimate of drug-likeness (QED) is 0.158. The van der Waals surface area contributed by atoms with Crippen LogP contribution in [0.1, 0.15) is 39.1 Å². The van der Waals surface area contributed by atoms with Gasteiger partial charge in [-0.3, -0.25) is 13.7 Å². The lowest BCUT2D eigenvalue weighted by molar-refractivity contribution is 0.645. The van der Waals surface area contributed by atoms with Crippen molar-refractivity contribution in [2.24, 2.45) is 0 Å². The van der Waals surface area contributed by atoms with E-state index in [1.54, 1.807) is 0 Å². The molecular formula is C79H52N8O. The summed E-state index contributed by atoms with van der Waals surface area (Å²) in [5.74, 6) is 1.31. The first-order valence-electron chi connectivity index (χ1n) is 29.9. The third-order valence-corrected chi connectivity index (χ3v) is 18.3. The monoisotopic (exact) mass is 1130 g/mol. The fourth-order valence-corrected chi connectivity index (χ4v) is 14.6. The van der Waals surface area contributed by atoms with Crippen molar-refractivity contribution in [3.05, 3.63) is 270 Å². The zero-order chi connectivity index (χ0) is 58.6. The van der Waals surface area contributed by atoms with Gasteiger partial charge in [0.25, 0.3) is 0 Å². The van der Waals surface area contributed by atoms with Crippen LogP contribution in [0.5, 0.6) is 0 Å². The molecular weight excluding hydrogens is 1080 g/mol. The summed E-state index contributed by atoms with van der Waals surface area (Å²) in [4.78, 5) is 17.7. The van der Waals surface area contributed by atoms with Crippen molar-refractivity contribution in [1.29, 1.82) is 5.26 Å². The zero-order valence-electron chi connectivity index (χ0n) is 48.6. The lowest BCUT2D eigenvalue weighted by Crippen LogP contribution is -2.15. The van der Waals surface area contributed by atoms with E-state index in [4.69, 9.17) is 19.4 Å². The summed E-state index contributed by atoms with van der Waals surface area (Å²) in [6, 6.07) is 84.7. The van der Waals surface area contributed by atoms with E-state index in [-0.39, 0.29) is 0 Å². The Labute approximate surface area is 505 Å². The lowest BCUT2D eigenvalue weighted by atomic mass is 9.85. The third-order valence-electron chi connectivity index (χ3n) is 18.3. The summed E-state index contributed by atoms with van der Waals surface area (Å²) in [7, 11) is 0. The van der Waals surface area contributed by atoms with Crippen molar-refractivity contribution >= 4 is 87.5 Å². The van der Waals surface area contributed by atoms with Crippen molar-refractivity contribution in [2.45, 2.75) is 34.1 Å². The molecule has 414 valence electrons. The number of nitriles is 1. The predicted octanol–water partition coefficient (Wildman–Crippen LogP) is 19.5. The van der Waals surface area contributed by atoms with Crippen LogP contribution in [0.4, 0.5) is 0 Å². The Morgan fingerprint density at radius 1 is 0.386 bits per heavy atom. The summed E-state index contributed by atoms with van der Waals surface area (Å²) in [6.07, 6.45) is 0.643. The average molecular weight is 1130 g/mol.